The van der Waals surface area contributed by atoms with Crippen molar-refractivity contribution in [1.82, 2.24) is 19.6 Å². The van der Waals surface area contributed by atoms with E-state index in [1.165, 1.54) is 0 Å². The average Bonchev–Trinajstić information content (AvgIpc) is 3.25. The fraction of sp³-hybridized carbons (Fsp3) is 0.500. The molecule has 29 heavy (non-hydrogen) atoms. The molecule has 2 aliphatic rings. The lowest BCUT2D eigenvalue weighted by Gasteiger charge is -2.38. The highest BCUT2D eigenvalue weighted by atomic mass is 16.5. The normalized spacial score (nSPS) is 18.5. The summed E-state index contributed by atoms with van der Waals surface area (Å²) < 4.78 is 6.98. The van der Waals surface area contributed by atoms with Crippen molar-refractivity contribution in [2.45, 2.75) is 39.3 Å². The Morgan fingerprint density at radius 3 is 2.76 bits per heavy atom. The van der Waals surface area contributed by atoms with Crippen molar-refractivity contribution in [2.24, 2.45) is 5.41 Å². The Morgan fingerprint density at radius 2 is 2.07 bits per heavy atom. The molecule has 0 radical (unpaired) electrons. The topological polar surface area (TPSA) is 67.7 Å². The van der Waals surface area contributed by atoms with Crippen LogP contribution in [0.3, 0.4) is 0 Å². The molecule has 154 valence electrons. The Hall–Kier alpha value is -2.83. The summed E-state index contributed by atoms with van der Waals surface area (Å²) in [5.74, 6) is 1.11. The fourth-order valence-electron chi connectivity index (χ4n) is 4.47. The Bertz CT molecular complexity index is 899. The molecule has 1 spiro atoms. The zero-order chi connectivity index (χ0) is 20.4. The first-order valence-electron chi connectivity index (χ1n) is 10.1. The molecule has 0 N–H and O–H groups in total. The maximum absolute atomic E-state index is 12.7. The van der Waals surface area contributed by atoms with Gasteiger partial charge in [0, 0.05) is 44.2 Å². The largest absolute Gasteiger partial charge is 0.497 e. The highest BCUT2D eigenvalue weighted by molar-refractivity contribution is 5.80. The molecule has 2 amide bonds. The molecule has 2 saturated heterocycles. The molecule has 1 aromatic heterocycles. The molecule has 0 saturated carbocycles. The van der Waals surface area contributed by atoms with Gasteiger partial charge in [0.25, 0.3) is 0 Å². The van der Waals surface area contributed by atoms with Crippen LogP contribution in [-0.2, 0) is 22.7 Å². The summed E-state index contributed by atoms with van der Waals surface area (Å²) in [6.45, 7) is 5.04. The number of carbonyl (C=O) groups is 2. The van der Waals surface area contributed by atoms with Gasteiger partial charge in [-0.15, -0.1) is 0 Å². The van der Waals surface area contributed by atoms with Gasteiger partial charge in [-0.25, -0.2) is 0 Å². The number of aromatic nitrogens is 2. The van der Waals surface area contributed by atoms with Crippen molar-refractivity contribution in [3.63, 3.8) is 0 Å². The number of hydrogen-bond donors (Lipinski definition) is 0. The summed E-state index contributed by atoms with van der Waals surface area (Å²) in [7, 11) is 1.65. The molecule has 4 rings (SSSR count). The van der Waals surface area contributed by atoms with Crippen molar-refractivity contribution in [3.8, 4) is 5.75 Å². The number of amides is 2. The van der Waals surface area contributed by atoms with Gasteiger partial charge in [0.1, 0.15) is 12.3 Å². The lowest BCUT2D eigenvalue weighted by molar-refractivity contribution is -0.134. The van der Waals surface area contributed by atoms with Crippen LogP contribution in [0, 0.1) is 12.3 Å². The summed E-state index contributed by atoms with van der Waals surface area (Å²) in [6.07, 6.45) is 5.97. The van der Waals surface area contributed by atoms with Crippen LogP contribution < -0.4 is 4.74 Å². The van der Waals surface area contributed by atoms with Crippen molar-refractivity contribution in [1.29, 1.82) is 0 Å². The van der Waals surface area contributed by atoms with Crippen LogP contribution >= 0.6 is 0 Å². The first kappa shape index (κ1) is 19.5. The van der Waals surface area contributed by atoms with Crippen molar-refractivity contribution < 1.29 is 14.3 Å². The summed E-state index contributed by atoms with van der Waals surface area (Å²) in [5.41, 5.74) is 2.13. The molecule has 0 aliphatic carbocycles. The third-order valence-electron chi connectivity index (χ3n) is 6.15. The molecule has 0 bridgehead atoms. The minimum absolute atomic E-state index is 0.00494. The number of ether oxygens (including phenoxy) is 1. The van der Waals surface area contributed by atoms with Gasteiger partial charge < -0.3 is 14.5 Å². The Morgan fingerprint density at radius 1 is 1.28 bits per heavy atom. The van der Waals surface area contributed by atoms with Crippen LogP contribution in [0.5, 0.6) is 5.75 Å². The summed E-state index contributed by atoms with van der Waals surface area (Å²) in [6, 6.07) is 7.87. The van der Waals surface area contributed by atoms with Crippen LogP contribution in [-0.4, -0.2) is 58.1 Å². The van der Waals surface area contributed by atoms with E-state index in [-0.39, 0.29) is 23.8 Å². The van der Waals surface area contributed by atoms with E-state index in [1.807, 2.05) is 47.2 Å². The zero-order valence-corrected chi connectivity index (χ0v) is 17.1. The zero-order valence-electron chi connectivity index (χ0n) is 17.1. The predicted molar refractivity (Wildman–Crippen MR) is 108 cm³/mol. The van der Waals surface area contributed by atoms with Gasteiger partial charge in [0.15, 0.2) is 0 Å². The molecule has 0 atom stereocenters. The van der Waals surface area contributed by atoms with Crippen molar-refractivity contribution in [2.75, 3.05) is 26.7 Å². The van der Waals surface area contributed by atoms with Gasteiger partial charge >= 0.3 is 0 Å². The smallest absolute Gasteiger partial charge is 0.244 e. The number of rotatable bonds is 5. The molecule has 0 unspecified atom stereocenters. The van der Waals surface area contributed by atoms with Crippen molar-refractivity contribution in [3.05, 3.63) is 47.8 Å². The number of carbonyl (C=O) groups excluding carboxylic acids is 2. The van der Waals surface area contributed by atoms with E-state index in [1.54, 1.807) is 18.0 Å². The van der Waals surface area contributed by atoms with E-state index in [0.29, 0.717) is 26.1 Å². The SMILES string of the molecule is COc1cccc(CN2CC3(CCN(C(=O)Cn4cc(C)cn4)CC3)CC2=O)c1. The third-order valence-corrected chi connectivity index (χ3v) is 6.15. The minimum Gasteiger partial charge on any atom is -0.497 e. The Labute approximate surface area is 171 Å². The summed E-state index contributed by atoms with van der Waals surface area (Å²) >= 11 is 0. The highest BCUT2D eigenvalue weighted by Crippen LogP contribution is 2.41. The number of aryl methyl sites for hydroxylation is 1. The molecule has 3 heterocycles. The second-order valence-electron chi connectivity index (χ2n) is 8.37. The quantitative estimate of drug-likeness (QED) is 0.777. The summed E-state index contributed by atoms with van der Waals surface area (Å²) in [4.78, 5) is 29.1. The molecule has 2 fully saturated rings. The molecule has 7 nitrogen and oxygen atoms in total. The van der Waals surface area contributed by atoms with E-state index < -0.39 is 0 Å². The second-order valence-corrected chi connectivity index (χ2v) is 8.37. The van der Waals surface area contributed by atoms with Gasteiger partial charge in [-0.1, -0.05) is 12.1 Å². The van der Waals surface area contributed by atoms with Crippen molar-refractivity contribution >= 4 is 11.8 Å². The number of methoxy groups -OCH3 is 1. The molecule has 2 aliphatic heterocycles. The Balaban J connectivity index is 1.33. The number of likely N-dealkylation sites (tertiary alicyclic amines) is 2. The van der Waals surface area contributed by atoms with Crippen LogP contribution in [0.15, 0.2) is 36.7 Å². The van der Waals surface area contributed by atoms with Gasteiger partial charge in [-0.2, -0.15) is 5.10 Å². The lowest BCUT2D eigenvalue weighted by Crippen LogP contribution is -2.45. The first-order chi connectivity index (χ1) is 14.0. The van der Waals surface area contributed by atoms with Gasteiger partial charge in [0.05, 0.1) is 13.3 Å². The van der Waals surface area contributed by atoms with Crippen LogP contribution in [0.4, 0.5) is 0 Å². The predicted octanol–water partition coefficient (Wildman–Crippen LogP) is 2.24. The maximum Gasteiger partial charge on any atom is 0.244 e. The molecular formula is C22H28N4O3. The summed E-state index contributed by atoms with van der Waals surface area (Å²) in [5, 5.41) is 4.20. The first-order valence-corrected chi connectivity index (χ1v) is 10.1. The van der Waals surface area contributed by atoms with E-state index >= 15 is 0 Å². The van der Waals surface area contributed by atoms with E-state index in [9.17, 15) is 9.59 Å². The van der Waals surface area contributed by atoms with Crippen LogP contribution in [0.25, 0.3) is 0 Å². The number of nitrogens with zero attached hydrogens (tertiary/aromatic N) is 4. The fourth-order valence-corrected chi connectivity index (χ4v) is 4.47. The van der Waals surface area contributed by atoms with Gasteiger partial charge in [-0.3, -0.25) is 14.3 Å². The van der Waals surface area contributed by atoms with E-state index in [0.717, 1.165) is 36.3 Å². The maximum atomic E-state index is 12.7. The number of piperidine rings is 1. The third kappa shape index (κ3) is 4.28. The molecule has 2 aromatic rings. The monoisotopic (exact) mass is 396 g/mol. The van der Waals surface area contributed by atoms with E-state index in [2.05, 4.69) is 5.10 Å². The number of hydrogen-bond acceptors (Lipinski definition) is 4. The number of benzene rings is 1. The highest BCUT2D eigenvalue weighted by Gasteiger charge is 2.45. The van der Waals surface area contributed by atoms with Crippen LogP contribution in [0.1, 0.15) is 30.4 Å². The molecule has 7 heteroatoms. The second kappa shape index (κ2) is 7.89. The van der Waals surface area contributed by atoms with Gasteiger partial charge in [-0.05, 0) is 43.0 Å². The van der Waals surface area contributed by atoms with Crippen LogP contribution in [0.2, 0.25) is 0 Å². The molecule has 1 aromatic carbocycles. The Kier molecular flexibility index (Phi) is 5.30. The molecular weight excluding hydrogens is 368 g/mol. The van der Waals surface area contributed by atoms with Gasteiger partial charge in [0.2, 0.25) is 11.8 Å². The minimum atomic E-state index is -0.00494. The standard InChI is InChI=1S/C22H28N4O3/c1-17-12-23-26(13-17)15-21(28)24-8-6-22(7-9-24)11-20(27)25(16-22)14-18-4-3-5-19(10-18)29-2/h3-5,10,12-13H,6-9,11,14-16H2,1-2H3. The van der Waals surface area contributed by atoms with E-state index in [4.69, 9.17) is 4.74 Å². The average molecular weight is 396 g/mol. The lowest BCUT2D eigenvalue weighted by atomic mass is 9.77.